The fraction of sp³-hybridized carbons (Fsp3) is 0.455. The van der Waals surface area contributed by atoms with Crippen molar-refractivity contribution in [3.05, 3.63) is 57.5 Å². The normalized spacial score (nSPS) is 19.2. The lowest BCUT2D eigenvalue weighted by atomic mass is 9.85. The number of carbonyl (C=O) groups excluding carboxylic acids is 1. The van der Waals surface area contributed by atoms with Crippen molar-refractivity contribution < 1.29 is 4.79 Å². The highest BCUT2D eigenvalue weighted by Gasteiger charge is 2.25. The number of aryl methyl sites for hydroxylation is 2. The van der Waals surface area contributed by atoms with Crippen LogP contribution < -0.4 is 11.0 Å². The summed E-state index contributed by atoms with van der Waals surface area (Å²) >= 11 is 5.99. The van der Waals surface area contributed by atoms with Gasteiger partial charge in [-0.1, -0.05) is 11.6 Å². The maximum atomic E-state index is 12.8. The summed E-state index contributed by atoms with van der Waals surface area (Å²) < 4.78 is 3.65. The van der Waals surface area contributed by atoms with Crippen LogP contribution in [0.1, 0.15) is 48.7 Å². The predicted molar refractivity (Wildman–Crippen MR) is 117 cm³/mol. The minimum atomic E-state index is -0.124. The summed E-state index contributed by atoms with van der Waals surface area (Å²) in [5.41, 5.74) is 3.05. The van der Waals surface area contributed by atoms with Gasteiger partial charge in [-0.2, -0.15) is 0 Å². The molecule has 1 amide bonds. The zero-order valence-corrected chi connectivity index (χ0v) is 18.0. The smallest absolute Gasteiger partial charge is 0.329 e. The summed E-state index contributed by atoms with van der Waals surface area (Å²) in [4.78, 5) is 33.8. The van der Waals surface area contributed by atoms with Crippen LogP contribution in [0, 0.1) is 12.8 Å². The third kappa shape index (κ3) is 3.99. The molecule has 0 bridgehead atoms. The summed E-state index contributed by atoms with van der Waals surface area (Å²) in [5.74, 6) is 0.287. The molecule has 158 valence electrons. The molecular weight excluding hydrogens is 402 g/mol. The molecule has 1 fully saturated rings. The van der Waals surface area contributed by atoms with Gasteiger partial charge in [0.05, 0.1) is 33.5 Å². The number of amides is 1. The largest absolute Gasteiger partial charge is 0.349 e. The highest BCUT2D eigenvalue weighted by Crippen LogP contribution is 2.27. The van der Waals surface area contributed by atoms with Gasteiger partial charge in [0.15, 0.2) is 0 Å². The number of aromatic nitrogens is 4. The van der Waals surface area contributed by atoms with Crippen molar-refractivity contribution in [3.63, 3.8) is 0 Å². The average Bonchev–Trinajstić information content (AvgIpc) is 3.02. The Morgan fingerprint density at radius 2 is 1.97 bits per heavy atom. The minimum Gasteiger partial charge on any atom is -0.349 e. The van der Waals surface area contributed by atoms with Crippen LogP contribution in [0.15, 0.2) is 35.5 Å². The molecule has 0 unspecified atom stereocenters. The van der Waals surface area contributed by atoms with E-state index in [0.717, 1.165) is 36.7 Å². The number of hydrogen-bond donors (Lipinski definition) is 1. The first-order valence-electron chi connectivity index (χ1n) is 10.4. The Morgan fingerprint density at radius 1 is 1.20 bits per heavy atom. The number of pyridine rings is 2. The van der Waals surface area contributed by atoms with Gasteiger partial charge >= 0.3 is 5.69 Å². The Morgan fingerprint density at radius 3 is 2.70 bits per heavy atom. The Kier molecular flexibility index (Phi) is 5.90. The second-order valence-corrected chi connectivity index (χ2v) is 8.42. The van der Waals surface area contributed by atoms with Crippen LogP contribution in [-0.2, 0) is 13.1 Å². The molecule has 3 aromatic heterocycles. The molecule has 1 N–H and O–H groups in total. The first-order valence-corrected chi connectivity index (χ1v) is 10.8. The summed E-state index contributed by atoms with van der Waals surface area (Å²) in [6.07, 6.45) is 8.76. The standard InChI is InChI=1S/C22H26ClN5O2/c1-3-27-20-12-24-9-8-19(20)28(22(27)30)13-15-4-6-17(7-5-15)26-21(29)18-10-16(23)11-25-14(18)2/h8-12,15,17H,3-7,13H2,1-2H3,(H,26,29)/t15-,17-. The average molecular weight is 428 g/mol. The van der Waals surface area contributed by atoms with Crippen LogP contribution in [0.5, 0.6) is 0 Å². The number of carbonyl (C=O) groups is 1. The summed E-state index contributed by atoms with van der Waals surface area (Å²) in [5, 5.41) is 3.58. The van der Waals surface area contributed by atoms with Crippen LogP contribution >= 0.6 is 11.6 Å². The third-order valence-corrected chi connectivity index (χ3v) is 6.26. The molecule has 0 radical (unpaired) electrons. The zero-order chi connectivity index (χ0) is 21.3. The van der Waals surface area contributed by atoms with Crippen molar-refractivity contribution in [1.29, 1.82) is 0 Å². The van der Waals surface area contributed by atoms with Gasteiger partial charge in [0.2, 0.25) is 0 Å². The maximum absolute atomic E-state index is 12.8. The van der Waals surface area contributed by atoms with E-state index in [0.29, 0.717) is 35.3 Å². The van der Waals surface area contributed by atoms with E-state index in [-0.39, 0.29) is 17.6 Å². The van der Waals surface area contributed by atoms with Crippen molar-refractivity contribution >= 4 is 28.5 Å². The highest BCUT2D eigenvalue weighted by molar-refractivity contribution is 6.30. The molecule has 0 atom stereocenters. The van der Waals surface area contributed by atoms with E-state index >= 15 is 0 Å². The Balaban J connectivity index is 1.41. The second kappa shape index (κ2) is 8.60. The molecular formula is C22H26ClN5O2. The third-order valence-electron chi connectivity index (χ3n) is 6.06. The SMILES string of the molecule is CCn1c(=O)n(C[C@H]2CC[C@H](NC(=O)c3cc(Cl)cnc3C)CC2)c2ccncc21. The second-order valence-electron chi connectivity index (χ2n) is 7.98. The fourth-order valence-electron chi connectivity index (χ4n) is 4.40. The number of hydrogen-bond acceptors (Lipinski definition) is 4. The molecule has 0 saturated heterocycles. The fourth-order valence-corrected chi connectivity index (χ4v) is 4.55. The van der Waals surface area contributed by atoms with Gasteiger partial charge in [-0.3, -0.25) is 23.9 Å². The Labute approximate surface area is 180 Å². The zero-order valence-electron chi connectivity index (χ0n) is 17.3. The topological polar surface area (TPSA) is 81.8 Å². The van der Waals surface area contributed by atoms with Crippen LogP contribution in [0.4, 0.5) is 0 Å². The van der Waals surface area contributed by atoms with Gasteiger partial charge in [-0.15, -0.1) is 0 Å². The number of nitrogens with zero attached hydrogens (tertiary/aromatic N) is 4. The Hall–Kier alpha value is -2.67. The van der Waals surface area contributed by atoms with Gasteiger partial charge in [-0.05, 0) is 57.6 Å². The number of rotatable bonds is 5. The number of imidazole rings is 1. The monoisotopic (exact) mass is 427 g/mol. The molecule has 8 heteroatoms. The summed E-state index contributed by atoms with van der Waals surface area (Å²) in [6, 6.07) is 3.70. The first kappa shape index (κ1) is 20.6. The van der Waals surface area contributed by atoms with E-state index < -0.39 is 0 Å². The van der Waals surface area contributed by atoms with Crippen molar-refractivity contribution in [3.8, 4) is 0 Å². The van der Waals surface area contributed by atoms with E-state index in [1.54, 1.807) is 29.2 Å². The number of halogens is 1. The van der Waals surface area contributed by atoms with Crippen LogP contribution in [0.25, 0.3) is 11.0 Å². The lowest BCUT2D eigenvalue weighted by Gasteiger charge is -2.29. The quantitative estimate of drug-likeness (QED) is 0.674. The van der Waals surface area contributed by atoms with E-state index in [1.165, 1.54) is 0 Å². The van der Waals surface area contributed by atoms with Gasteiger partial charge < -0.3 is 5.32 Å². The number of fused-ring (bicyclic) bond motifs is 1. The molecule has 0 aliphatic heterocycles. The predicted octanol–water partition coefficient (Wildman–Crippen LogP) is 3.56. The van der Waals surface area contributed by atoms with Gasteiger partial charge in [0, 0.05) is 31.5 Å². The van der Waals surface area contributed by atoms with Crippen molar-refractivity contribution in [2.45, 2.75) is 58.7 Å². The molecule has 3 heterocycles. The molecule has 3 aromatic rings. The van der Waals surface area contributed by atoms with Crippen molar-refractivity contribution in [1.82, 2.24) is 24.4 Å². The van der Waals surface area contributed by atoms with Crippen LogP contribution in [0.2, 0.25) is 5.02 Å². The van der Waals surface area contributed by atoms with E-state index in [4.69, 9.17) is 11.6 Å². The van der Waals surface area contributed by atoms with Crippen LogP contribution in [0.3, 0.4) is 0 Å². The molecule has 7 nitrogen and oxygen atoms in total. The van der Waals surface area contributed by atoms with E-state index in [1.807, 2.05) is 24.5 Å². The molecule has 0 spiro atoms. The van der Waals surface area contributed by atoms with Crippen molar-refractivity contribution in [2.24, 2.45) is 5.92 Å². The van der Waals surface area contributed by atoms with Crippen molar-refractivity contribution in [2.75, 3.05) is 0 Å². The molecule has 1 saturated carbocycles. The lowest BCUT2D eigenvalue weighted by Crippen LogP contribution is -2.39. The lowest BCUT2D eigenvalue weighted by molar-refractivity contribution is 0.0919. The molecule has 0 aromatic carbocycles. The van der Waals surface area contributed by atoms with E-state index in [2.05, 4.69) is 15.3 Å². The van der Waals surface area contributed by atoms with Crippen LogP contribution in [-0.4, -0.2) is 31.1 Å². The minimum absolute atomic E-state index is 0.0276. The Bertz CT molecular complexity index is 1130. The van der Waals surface area contributed by atoms with E-state index in [9.17, 15) is 9.59 Å². The summed E-state index contributed by atoms with van der Waals surface area (Å²) in [7, 11) is 0. The molecule has 4 rings (SSSR count). The summed E-state index contributed by atoms with van der Waals surface area (Å²) in [6.45, 7) is 5.11. The molecule has 30 heavy (non-hydrogen) atoms. The number of nitrogens with one attached hydrogen (secondary N) is 1. The van der Waals surface area contributed by atoms with Gasteiger partial charge in [-0.25, -0.2) is 4.79 Å². The first-order chi connectivity index (χ1) is 14.5. The van der Waals surface area contributed by atoms with Gasteiger partial charge in [0.25, 0.3) is 5.91 Å². The maximum Gasteiger partial charge on any atom is 0.329 e. The molecule has 1 aliphatic carbocycles. The molecule has 1 aliphatic rings. The highest BCUT2D eigenvalue weighted by atomic mass is 35.5. The van der Waals surface area contributed by atoms with Gasteiger partial charge in [0.1, 0.15) is 0 Å².